The Kier molecular flexibility index (Phi) is 7.40. The number of carbonyl (C=O) groups excluding carboxylic acids is 1. The van der Waals surface area contributed by atoms with Crippen molar-refractivity contribution >= 4 is 72.1 Å². The quantitative estimate of drug-likeness (QED) is 0.251. The van der Waals surface area contributed by atoms with E-state index >= 15 is 0 Å². The molecule has 3 aromatic carbocycles. The fourth-order valence-corrected chi connectivity index (χ4v) is 5.15. The van der Waals surface area contributed by atoms with Gasteiger partial charge in [-0.3, -0.25) is 4.79 Å². The molecule has 1 amide bonds. The van der Waals surface area contributed by atoms with E-state index in [1.54, 1.807) is 24.3 Å². The summed E-state index contributed by atoms with van der Waals surface area (Å²) in [5, 5.41) is 16.6. The van der Waals surface area contributed by atoms with E-state index in [-0.39, 0.29) is 22.9 Å². The minimum Gasteiger partial charge on any atom is -0.347 e. The number of para-hydroxylation sites is 3. The topological polar surface area (TPSA) is 77.8 Å². The summed E-state index contributed by atoms with van der Waals surface area (Å²) < 4.78 is 16.0. The highest BCUT2D eigenvalue weighted by Crippen LogP contribution is 2.33. The van der Waals surface area contributed by atoms with E-state index in [4.69, 9.17) is 0 Å². The van der Waals surface area contributed by atoms with Gasteiger partial charge in [-0.05, 0) is 52.3 Å². The molecule has 0 radical (unpaired) electrons. The van der Waals surface area contributed by atoms with Crippen LogP contribution in [0.25, 0.3) is 15.8 Å². The summed E-state index contributed by atoms with van der Waals surface area (Å²) in [5.41, 5.74) is 1.87. The Bertz CT molecular complexity index is 1360. The molecule has 0 unspecified atom stereocenters. The van der Waals surface area contributed by atoms with Crippen molar-refractivity contribution in [1.82, 2.24) is 4.98 Å². The van der Waals surface area contributed by atoms with Gasteiger partial charge in [-0.25, -0.2) is 9.37 Å². The number of carbonyl (C=O) groups is 1. The predicted molar refractivity (Wildman–Crippen MR) is 137 cm³/mol. The summed E-state index contributed by atoms with van der Waals surface area (Å²) in [6, 6.07) is 23.2. The minimum atomic E-state index is -0.463. The van der Waals surface area contributed by atoms with Gasteiger partial charge in [0.2, 0.25) is 5.91 Å². The Hall–Kier alpha value is -3.19. The van der Waals surface area contributed by atoms with Crippen molar-refractivity contribution < 1.29 is 9.18 Å². The van der Waals surface area contributed by atoms with Crippen LogP contribution in [0.3, 0.4) is 0 Å². The SMILES string of the molecule is N#CC(=C(Nc1ccccc1F)SCC(=O)Nc1ccccc1Br)c1nc2ccccc2s1. The van der Waals surface area contributed by atoms with Gasteiger partial charge in [0.1, 0.15) is 22.5 Å². The lowest BCUT2D eigenvalue weighted by atomic mass is 10.3. The molecular weight excluding hydrogens is 523 g/mol. The number of rotatable bonds is 7. The third kappa shape index (κ3) is 5.60. The molecule has 33 heavy (non-hydrogen) atoms. The Morgan fingerprint density at radius 1 is 1.03 bits per heavy atom. The van der Waals surface area contributed by atoms with E-state index in [0.29, 0.717) is 15.7 Å². The molecule has 0 spiro atoms. The fraction of sp³-hybridized carbons (Fsp3) is 0.0417. The molecule has 9 heteroatoms. The van der Waals surface area contributed by atoms with E-state index in [1.807, 2.05) is 42.5 Å². The summed E-state index contributed by atoms with van der Waals surface area (Å²) in [6.45, 7) is 0. The van der Waals surface area contributed by atoms with Gasteiger partial charge in [-0.1, -0.05) is 48.2 Å². The number of allylic oxidation sites excluding steroid dienone is 1. The zero-order valence-corrected chi connectivity index (χ0v) is 20.2. The van der Waals surface area contributed by atoms with Crippen molar-refractivity contribution in [3.63, 3.8) is 0 Å². The molecule has 0 saturated carbocycles. The lowest BCUT2D eigenvalue weighted by Gasteiger charge is -2.13. The van der Waals surface area contributed by atoms with Gasteiger partial charge in [0, 0.05) is 4.47 Å². The maximum Gasteiger partial charge on any atom is 0.234 e. The van der Waals surface area contributed by atoms with Crippen LogP contribution in [0.2, 0.25) is 0 Å². The van der Waals surface area contributed by atoms with Gasteiger partial charge in [0.25, 0.3) is 0 Å². The number of aromatic nitrogens is 1. The smallest absolute Gasteiger partial charge is 0.234 e. The van der Waals surface area contributed by atoms with Gasteiger partial charge < -0.3 is 10.6 Å². The van der Waals surface area contributed by atoms with Crippen molar-refractivity contribution in [3.05, 3.63) is 93.1 Å². The molecule has 164 valence electrons. The molecule has 0 bridgehead atoms. The van der Waals surface area contributed by atoms with Crippen molar-refractivity contribution in [3.8, 4) is 6.07 Å². The fourth-order valence-electron chi connectivity index (χ4n) is 2.92. The highest BCUT2D eigenvalue weighted by Gasteiger charge is 2.18. The van der Waals surface area contributed by atoms with E-state index in [2.05, 4.69) is 37.6 Å². The predicted octanol–water partition coefficient (Wildman–Crippen LogP) is 6.87. The van der Waals surface area contributed by atoms with Crippen LogP contribution in [0.15, 0.2) is 82.3 Å². The standard InChI is InChI=1S/C24H16BrFN4OS2/c25-16-7-1-3-9-18(16)28-22(31)14-32-23(29-19-10-4-2-8-17(19)26)15(13-27)24-30-20-11-5-6-12-21(20)33-24/h1-12,29H,14H2,(H,28,31). The summed E-state index contributed by atoms with van der Waals surface area (Å²) in [4.78, 5) is 17.2. The average molecular weight is 539 g/mol. The van der Waals surface area contributed by atoms with Gasteiger partial charge in [0.05, 0.1) is 32.4 Å². The van der Waals surface area contributed by atoms with Crippen LogP contribution in [0.4, 0.5) is 15.8 Å². The summed E-state index contributed by atoms with van der Waals surface area (Å²) >= 11 is 5.88. The third-order valence-electron chi connectivity index (χ3n) is 4.46. The highest BCUT2D eigenvalue weighted by atomic mass is 79.9. The number of nitriles is 1. The van der Waals surface area contributed by atoms with Crippen molar-refractivity contribution in [2.75, 3.05) is 16.4 Å². The van der Waals surface area contributed by atoms with Crippen LogP contribution in [-0.2, 0) is 4.79 Å². The molecule has 0 fully saturated rings. The third-order valence-corrected chi connectivity index (χ3v) is 7.21. The van der Waals surface area contributed by atoms with Crippen molar-refractivity contribution in [1.29, 1.82) is 5.26 Å². The zero-order valence-electron chi connectivity index (χ0n) is 17.0. The lowest BCUT2D eigenvalue weighted by molar-refractivity contribution is -0.113. The maximum atomic E-state index is 14.3. The van der Waals surface area contributed by atoms with E-state index in [0.717, 1.165) is 26.5 Å². The molecule has 4 aromatic rings. The number of hydrogen-bond acceptors (Lipinski definition) is 6. The van der Waals surface area contributed by atoms with Crippen LogP contribution < -0.4 is 10.6 Å². The molecule has 1 aromatic heterocycles. The molecule has 0 atom stereocenters. The number of hydrogen-bond donors (Lipinski definition) is 2. The van der Waals surface area contributed by atoms with E-state index in [9.17, 15) is 14.4 Å². The lowest BCUT2D eigenvalue weighted by Crippen LogP contribution is -2.15. The largest absolute Gasteiger partial charge is 0.347 e. The van der Waals surface area contributed by atoms with Crippen LogP contribution >= 0.6 is 39.0 Å². The number of benzene rings is 3. The van der Waals surface area contributed by atoms with E-state index < -0.39 is 5.82 Å². The number of nitrogens with one attached hydrogen (secondary N) is 2. The highest BCUT2D eigenvalue weighted by molar-refractivity contribution is 9.10. The summed E-state index contributed by atoms with van der Waals surface area (Å²) in [6.07, 6.45) is 0. The van der Waals surface area contributed by atoms with Gasteiger partial charge >= 0.3 is 0 Å². The van der Waals surface area contributed by atoms with Crippen LogP contribution in [-0.4, -0.2) is 16.6 Å². The summed E-state index contributed by atoms with van der Waals surface area (Å²) in [5.74, 6) is -0.718. The van der Waals surface area contributed by atoms with Crippen LogP contribution in [0.5, 0.6) is 0 Å². The Labute approximate surface area is 206 Å². The van der Waals surface area contributed by atoms with E-state index in [1.165, 1.54) is 17.4 Å². The van der Waals surface area contributed by atoms with Gasteiger partial charge in [0.15, 0.2) is 0 Å². The Morgan fingerprint density at radius 3 is 2.45 bits per heavy atom. The molecule has 2 N–H and O–H groups in total. The first kappa shape index (κ1) is 23.0. The average Bonchev–Trinajstić information content (AvgIpc) is 3.24. The maximum absolute atomic E-state index is 14.3. The number of anilines is 2. The second-order valence-electron chi connectivity index (χ2n) is 6.72. The Balaban J connectivity index is 1.65. The van der Waals surface area contributed by atoms with Crippen molar-refractivity contribution in [2.24, 2.45) is 0 Å². The first-order valence-corrected chi connectivity index (χ1v) is 12.3. The van der Waals surface area contributed by atoms with Crippen molar-refractivity contribution in [2.45, 2.75) is 0 Å². The molecule has 0 aliphatic carbocycles. The first-order valence-electron chi connectivity index (χ1n) is 9.74. The molecule has 0 aliphatic rings. The monoisotopic (exact) mass is 538 g/mol. The molecule has 5 nitrogen and oxygen atoms in total. The molecule has 0 saturated heterocycles. The van der Waals surface area contributed by atoms with Gasteiger partial charge in [-0.2, -0.15) is 5.26 Å². The number of fused-ring (bicyclic) bond motifs is 1. The number of halogens is 2. The van der Waals surface area contributed by atoms with Gasteiger partial charge in [-0.15, -0.1) is 11.3 Å². The zero-order chi connectivity index (χ0) is 23.2. The number of nitrogens with zero attached hydrogens (tertiary/aromatic N) is 2. The Morgan fingerprint density at radius 2 is 1.73 bits per heavy atom. The van der Waals surface area contributed by atoms with Crippen LogP contribution in [0, 0.1) is 17.1 Å². The van der Waals surface area contributed by atoms with Crippen LogP contribution in [0.1, 0.15) is 5.01 Å². The summed E-state index contributed by atoms with van der Waals surface area (Å²) in [7, 11) is 0. The number of thioether (sulfide) groups is 1. The molecule has 1 heterocycles. The number of thiazole rings is 1. The number of amides is 1. The first-order chi connectivity index (χ1) is 16.0. The molecular formula is C24H16BrFN4OS2. The minimum absolute atomic E-state index is 0.00813. The second kappa shape index (κ2) is 10.6. The molecule has 0 aliphatic heterocycles. The normalized spacial score (nSPS) is 11.5. The molecule has 4 rings (SSSR count). The second-order valence-corrected chi connectivity index (χ2v) is 9.59.